The Kier molecular flexibility index (Phi) is 5.57. The highest BCUT2D eigenvalue weighted by atomic mass is 127. The molecule has 0 amide bonds. The first kappa shape index (κ1) is 15.2. The zero-order valence-corrected chi connectivity index (χ0v) is 14.2. The highest BCUT2D eigenvalue weighted by molar-refractivity contribution is 14.2. The van der Waals surface area contributed by atoms with E-state index in [4.69, 9.17) is 4.74 Å². The van der Waals surface area contributed by atoms with Crippen LogP contribution in [0.1, 0.15) is 18.1 Å². The van der Waals surface area contributed by atoms with E-state index in [0.29, 0.717) is 26.0 Å². The molecule has 6 heteroatoms. The molecule has 0 radical (unpaired) electrons. The first-order chi connectivity index (χ1) is 9.15. The predicted octanol–water partition coefficient (Wildman–Crippen LogP) is 3.08. The van der Waals surface area contributed by atoms with Crippen LogP contribution in [0.3, 0.4) is 0 Å². The van der Waals surface area contributed by atoms with Gasteiger partial charge in [-0.2, -0.15) is 5.10 Å². The smallest absolute Gasteiger partial charge is 0.0814 e. The van der Waals surface area contributed by atoms with E-state index in [1.54, 1.807) is 0 Å². The summed E-state index contributed by atoms with van der Waals surface area (Å²) in [5.41, 5.74) is 3.49. The maximum Gasteiger partial charge on any atom is 0.0814 e. The Hall–Kier alpha value is -0.230. The van der Waals surface area contributed by atoms with Crippen molar-refractivity contribution in [3.8, 4) is 0 Å². The molecule has 1 aromatic carbocycles. The number of rotatable bonds is 6. The number of benzene rings is 1. The molecular weight excluding hydrogens is 374 g/mol. The number of aryl methyl sites for hydroxylation is 1. The Bertz CT molecular complexity index is 559. The molecule has 2 aromatic rings. The molecule has 0 spiro atoms. The quantitative estimate of drug-likeness (QED) is 0.607. The molecule has 104 valence electrons. The first-order valence-electron chi connectivity index (χ1n) is 6.25. The van der Waals surface area contributed by atoms with Gasteiger partial charge in [0.1, 0.15) is 0 Å². The lowest BCUT2D eigenvalue weighted by Gasteiger charge is -2.13. The van der Waals surface area contributed by atoms with Gasteiger partial charge in [-0.1, -0.05) is 0 Å². The molecule has 2 unspecified atom stereocenters. The summed E-state index contributed by atoms with van der Waals surface area (Å²) in [6.45, 7) is 5.04. The summed E-state index contributed by atoms with van der Waals surface area (Å²) in [4.78, 5) is 0. The van der Waals surface area contributed by atoms with Crippen LogP contribution in [0.15, 0.2) is 18.3 Å². The lowest BCUT2D eigenvalue weighted by Crippen LogP contribution is -2.18. The van der Waals surface area contributed by atoms with Crippen LogP contribution >= 0.6 is 28.4 Å². The molecule has 0 bridgehead atoms. The second-order valence-corrected chi connectivity index (χ2v) is 6.54. The van der Waals surface area contributed by atoms with E-state index in [1.807, 2.05) is 17.6 Å². The van der Waals surface area contributed by atoms with Gasteiger partial charge in [0.15, 0.2) is 0 Å². The monoisotopic (exact) mass is 392 g/mol. The Balaban J connectivity index is 2.24. The van der Waals surface area contributed by atoms with E-state index in [2.05, 4.69) is 46.2 Å². The zero-order chi connectivity index (χ0) is 13.8. The number of ether oxygens (including phenoxy) is 1. The molecular formula is C13H18IN2O2P. The summed E-state index contributed by atoms with van der Waals surface area (Å²) in [7, 11) is 0. The normalized spacial score (nSPS) is 13.7. The highest BCUT2D eigenvalue weighted by Gasteiger charge is 2.11. The average molecular weight is 392 g/mol. The fourth-order valence-corrected chi connectivity index (χ4v) is 3.62. The summed E-state index contributed by atoms with van der Waals surface area (Å²) in [5.74, 6) is 0. The predicted molar refractivity (Wildman–Crippen MR) is 88.4 cm³/mol. The third-order valence-corrected chi connectivity index (χ3v) is 4.96. The number of nitrogens with zero attached hydrogens (tertiary/aromatic N) is 2. The minimum absolute atomic E-state index is 0.390. The van der Waals surface area contributed by atoms with Gasteiger partial charge in [-0.3, -0.25) is 0 Å². The topological polar surface area (TPSA) is 47.3 Å². The highest BCUT2D eigenvalue weighted by Crippen LogP contribution is 2.30. The van der Waals surface area contributed by atoms with E-state index in [0.717, 1.165) is 16.5 Å². The molecule has 1 N–H and O–H groups in total. The third kappa shape index (κ3) is 3.66. The Morgan fingerprint density at radius 1 is 1.53 bits per heavy atom. The van der Waals surface area contributed by atoms with Crippen molar-refractivity contribution in [1.29, 1.82) is 0 Å². The molecule has 0 saturated carbocycles. The van der Waals surface area contributed by atoms with Crippen LogP contribution in [0.2, 0.25) is 0 Å². The standard InChI is InChI=1S/C13H18IN2O2P/c1-3-18-8-12(17)5-10-6-13-11(4-9(10)2)7-15-16(13)19-14/h4,6-7,12,17,19H,3,5,8H2,1-2H3. The van der Waals surface area contributed by atoms with E-state index < -0.39 is 6.10 Å². The summed E-state index contributed by atoms with van der Waals surface area (Å²) in [5, 5.41) is 15.5. The van der Waals surface area contributed by atoms with Gasteiger partial charge in [0.05, 0.1) is 30.8 Å². The van der Waals surface area contributed by atoms with Crippen LogP contribution < -0.4 is 0 Å². The van der Waals surface area contributed by atoms with Gasteiger partial charge in [-0.15, -0.1) is 0 Å². The Morgan fingerprint density at radius 3 is 3.00 bits per heavy atom. The lowest BCUT2D eigenvalue weighted by atomic mass is 10.0. The second-order valence-electron chi connectivity index (χ2n) is 4.50. The van der Waals surface area contributed by atoms with Crippen molar-refractivity contribution in [2.24, 2.45) is 0 Å². The minimum Gasteiger partial charge on any atom is -0.390 e. The molecule has 1 aromatic heterocycles. The minimum atomic E-state index is -0.450. The van der Waals surface area contributed by atoms with E-state index in [1.165, 1.54) is 5.56 Å². The van der Waals surface area contributed by atoms with Gasteiger partial charge in [-0.25, -0.2) is 4.45 Å². The van der Waals surface area contributed by atoms with Crippen molar-refractivity contribution in [3.63, 3.8) is 0 Å². The molecule has 0 fully saturated rings. The zero-order valence-electron chi connectivity index (χ0n) is 11.1. The summed E-state index contributed by atoms with van der Waals surface area (Å²) in [6, 6.07) is 4.27. The number of halogens is 1. The van der Waals surface area contributed by atoms with Crippen LogP contribution in [0.4, 0.5) is 0 Å². The molecule has 0 aliphatic carbocycles. The van der Waals surface area contributed by atoms with Gasteiger partial charge in [0, 0.05) is 18.4 Å². The number of aromatic nitrogens is 2. The average Bonchev–Trinajstić information content (AvgIpc) is 2.78. The molecule has 4 nitrogen and oxygen atoms in total. The van der Waals surface area contributed by atoms with Crippen LogP contribution in [0.25, 0.3) is 10.9 Å². The van der Waals surface area contributed by atoms with Crippen molar-refractivity contribution in [1.82, 2.24) is 9.55 Å². The maximum absolute atomic E-state index is 9.96. The van der Waals surface area contributed by atoms with Crippen molar-refractivity contribution in [2.45, 2.75) is 26.4 Å². The van der Waals surface area contributed by atoms with Crippen molar-refractivity contribution < 1.29 is 9.84 Å². The molecule has 0 aliphatic heterocycles. The third-order valence-electron chi connectivity index (χ3n) is 3.08. The summed E-state index contributed by atoms with van der Waals surface area (Å²) >= 11 is 2.32. The van der Waals surface area contributed by atoms with Gasteiger partial charge in [-0.05, 0) is 59.1 Å². The van der Waals surface area contributed by atoms with Crippen LogP contribution in [-0.2, 0) is 11.2 Å². The number of fused-ring (bicyclic) bond motifs is 1. The van der Waals surface area contributed by atoms with Crippen LogP contribution in [0.5, 0.6) is 0 Å². The van der Waals surface area contributed by atoms with Crippen LogP contribution in [-0.4, -0.2) is 34.0 Å². The van der Waals surface area contributed by atoms with E-state index >= 15 is 0 Å². The fraction of sp³-hybridized carbons (Fsp3) is 0.462. The van der Waals surface area contributed by atoms with Crippen molar-refractivity contribution >= 4 is 39.3 Å². The van der Waals surface area contributed by atoms with E-state index in [9.17, 15) is 5.11 Å². The largest absolute Gasteiger partial charge is 0.390 e. The second kappa shape index (κ2) is 6.97. The van der Waals surface area contributed by atoms with Crippen molar-refractivity contribution in [2.75, 3.05) is 13.2 Å². The summed E-state index contributed by atoms with van der Waals surface area (Å²) < 4.78 is 7.25. The maximum atomic E-state index is 9.96. The van der Waals surface area contributed by atoms with Gasteiger partial charge in [0.2, 0.25) is 0 Å². The van der Waals surface area contributed by atoms with Gasteiger partial charge < -0.3 is 9.84 Å². The van der Waals surface area contributed by atoms with E-state index in [-0.39, 0.29) is 0 Å². The molecule has 1 heterocycles. The number of aliphatic hydroxyl groups excluding tert-OH is 1. The fourth-order valence-electron chi connectivity index (χ4n) is 2.08. The van der Waals surface area contributed by atoms with Gasteiger partial charge >= 0.3 is 0 Å². The number of aliphatic hydroxyl groups is 1. The van der Waals surface area contributed by atoms with Crippen molar-refractivity contribution in [3.05, 3.63) is 29.5 Å². The first-order valence-corrected chi connectivity index (χ1v) is 10.3. The Morgan fingerprint density at radius 2 is 2.32 bits per heavy atom. The molecule has 0 aliphatic rings. The summed E-state index contributed by atoms with van der Waals surface area (Å²) in [6.07, 6.45) is 2.66. The molecule has 2 rings (SSSR count). The molecule has 2 atom stereocenters. The molecule has 19 heavy (non-hydrogen) atoms. The lowest BCUT2D eigenvalue weighted by molar-refractivity contribution is 0.0429. The number of hydrogen-bond acceptors (Lipinski definition) is 3. The van der Waals surface area contributed by atoms with Crippen LogP contribution in [0, 0.1) is 6.92 Å². The van der Waals surface area contributed by atoms with Gasteiger partial charge in [0.25, 0.3) is 0 Å². The SMILES string of the molecule is CCOCC(O)Cc1cc2c(cnn2PI)cc1C. The number of hydrogen-bond donors (Lipinski definition) is 1. The Labute approximate surface area is 127 Å². The molecule has 0 saturated heterocycles.